The van der Waals surface area contributed by atoms with Crippen molar-refractivity contribution in [3.8, 4) is 6.07 Å². The molecule has 0 amide bonds. The average molecular weight is 326 g/mol. The van der Waals surface area contributed by atoms with Crippen LogP contribution in [-0.2, 0) is 0 Å². The third-order valence-electron chi connectivity index (χ3n) is 2.86. The molecule has 0 aromatic heterocycles. The van der Waals surface area contributed by atoms with Gasteiger partial charge in [0.05, 0.1) is 23.1 Å². The number of aryl methyl sites for hydroxylation is 1. The lowest BCUT2D eigenvalue weighted by atomic mass is 10.1. The highest BCUT2D eigenvalue weighted by molar-refractivity contribution is 9.10. The maximum atomic E-state index is 10.9. The SMILES string of the molecule is Cc1cc(N(CCC#N)C(C)C)c(Br)cc1[N+](=O)[O-]. The van der Waals surface area contributed by atoms with E-state index in [1.807, 2.05) is 13.8 Å². The van der Waals surface area contributed by atoms with Gasteiger partial charge in [-0.1, -0.05) is 0 Å². The Bertz CT molecular complexity index is 523. The summed E-state index contributed by atoms with van der Waals surface area (Å²) in [4.78, 5) is 12.6. The molecule has 0 heterocycles. The number of nitro benzene ring substituents is 1. The number of nitrogens with zero attached hydrogens (tertiary/aromatic N) is 3. The van der Waals surface area contributed by atoms with E-state index >= 15 is 0 Å². The first kappa shape index (κ1) is 15.4. The zero-order chi connectivity index (χ0) is 14.6. The molecule has 6 heteroatoms. The molecule has 0 bridgehead atoms. The van der Waals surface area contributed by atoms with Crippen molar-refractivity contribution < 1.29 is 4.92 Å². The van der Waals surface area contributed by atoms with E-state index in [9.17, 15) is 10.1 Å². The zero-order valence-electron chi connectivity index (χ0n) is 11.2. The van der Waals surface area contributed by atoms with E-state index in [4.69, 9.17) is 5.26 Å². The molecule has 0 radical (unpaired) electrons. The van der Waals surface area contributed by atoms with Crippen LogP contribution in [0.15, 0.2) is 16.6 Å². The molecule has 0 fully saturated rings. The lowest BCUT2D eigenvalue weighted by Crippen LogP contribution is -2.32. The van der Waals surface area contributed by atoms with E-state index in [-0.39, 0.29) is 11.7 Å². The minimum atomic E-state index is -0.390. The number of anilines is 1. The summed E-state index contributed by atoms with van der Waals surface area (Å²) < 4.78 is 0.677. The summed E-state index contributed by atoms with van der Waals surface area (Å²) in [6, 6.07) is 5.65. The summed E-state index contributed by atoms with van der Waals surface area (Å²) >= 11 is 3.38. The van der Waals surface area contributed by atoms with Crippen molar-refractivity contribution in [1.29, 1.82) is 5.26 Å². The lowest BCUT2D eigenvalue weighted by molar-refractivity contribution is -0.385. The molecule has 0 unspecified atom stereocenters. The Balaban J connectivity index is 3.21. The van der Waals surface area contributed by atoms with E-state index in [0.29, 0.717) is 23.0 Å². The molecule has 5 nitrogen and oxygen atoms in total. The van der Waals surface area contributed by atoms with Gasteiger partial charge in [-0.25, -0.2) is 0 Å². The molecule has 0 aliphatic heterocycles. The smallest absolute Gasteiger partial charge is 0.273 e. The third kappa shape index (κ3) is 3.67. The van der Waals surface area contributed by atoms with Crippen molar-refractivity contribution in [3.63, 3.8) is 0 Å². The Morgan fingerprint density at radius 3 is 2.63 bits per heavy atom. The standard InChI is InChI=1S/C13H16BrN3O2/c1-9(2)16(6-4-5-15)13-7-10(3)12(17(18)19)8-11(13)14/h7-9H,4,6H2,1-3H3. The van der Waals surface area contributed by atoms with Crippen LogP contribution in [0.1, 0.15) is 25.8 Å². The molecule has 0 spiro atoms. The monoisotopic (exact) mass is 325 g/mol. The number of benzene rings is 1. The number of hydrogen-bond donors (Lipinski definition) is 0. The molecule has 1 aromatic rings. The van der Waals surface area contributed by atoms with Gasteiger partial charge in [0.1, 0.15) is 0 Å². The van der Waals surface area contributed by atoms with Gasteiger partial charge in [0.2, 0.25) is 0 Å². The van der Waals surface area contributed by atoms with Crippen LogP contribution in [0.25, 0.3) is 0 Å². The fraction of sp³-hybridized carbons (Fsp3) is 0.462. The molecule has 1 rings (SSSR count). The maximum Gasteiger partial charge on any atom is 0.273 e. The van der Waals surface area contributed by atoms with Gasteiger partial charge in [0.25, 0.3) is 5.69 Å². The second kappa shape index (κ2) is 6.53. The second-order valence-corrected chi connectivity index (χ2v) is 5.40. The highest BCUT2D eigenvalue weighted by atomic mass is 79.9. The van der Waals surface area contributed by atoms with Gasteiger partial charge in [0, 0.05) is 28.7 Å². The first-order chi connectivity index (χ1) is 8.88. The van der Waals surface area contributed by atoms with Crippen molar-refractivity contribution in [2.24, 2.45) is 0 Å². The van der Waals surface area contributed by atoms with E-state index in [0.717, 1.165) is 5.69 Å². The van der Waals surface area contributed by atoms with Gasteiger partial charge in [0.15, 0.2) is 0 Å². The first-order valence-corrected chi connectivity index (χ1v) is 6.76. The van der Waals surface area contributed by atoms with Crippen molar-refractivity contribution in [1.82, 2.24) is 0 Å². The summed E-state index contributed by atoms with van der Waals surface area (Å²) in [5, 5.41) is 19.6. The second-order valence-electron chi connectivity index (χ2n) is 4.54. The van der Waals surface area contributed by atoms with Gasteiger partial charge in [-0.2, -0.15) is 5.26 Å². The maximum absolute atomic E-state index is 10.9. The molecule has 0 aliphatic carbocycles. The fourth-order valence-electron chi connectivity index (χ4n) is 1.90. The number of nitro groups is 1. The van der Waals surface area contributed by atoms with Gasteiger partial charge in [-0.15, -0.1) is 0 Å². The van der Waals surface area contributed by atoms with E-state index in [1.165, 1.54) is 6.07 Å². The molecule has 1 aromatic carbocycles. The Morgan fingerprint density at radius 1 is 1.53 bits per heavy atom. The Morgan fingerprint density at radius 2 is 2.16 bits per heavy atom. The van der Waals surface area contributed by atoms with Crippen LogP contribution in [-0.4, -0.2) is 17.5 Å². The molecule has 102 valence electrons. The van der Waals surface area contributed by atoms with Crippen molar-refractivity contribution >= 4 is 27.3 Å². The van der Waals surface area contributed by atoms with Gasteiger partial charge in [-0.3, -0.25) is 10.1 Å². The van der Waals surface area contributed by atoms with Gasteiger partial charge < -0.3 is 4.90 Å². The van der Waals surface area contributed by atoms with Crippen LogP contribution < -0.4 is 4.90 Å². The Labute approximate surface area is 121 Å². The van der Waals surface area contributed by atoms with Crippen molar-refractivity contribution in [2.45, 2.75) is 33.2 Å². The largest absolute Gasteiger partial charge is 0.367 e. The molecule has 0 saturated heterocycles. The first-order valence-electron chi connectivity index (χ1n) is 5.96. The summed E-state index contributed by atoms with van der Waals surface area (Å²) in [5.74, 6) is 0. The summed E-state index contributed by atoms with van der Waals surface area (Å²) in [7, 11) is 0. The highest BCUT2D eigenvalue weighted by Gasteiger charge is 2.19. The number of rotatable bonds is 5. The topological polar surface area (TPSA) is 70.2 Å². The Hall–Kier alpha value is -1.61. The quantitative estimate of drug-likeness (QED) is 0.610. The molecule has 0 atom stereocenters. The average Bonchev–Trinajstić information content (AvgIpc) is 2.32. The molecule has 19 heavy (non-hydrogen) atoms. The number of nitriles is 1. The van der Waals surface area contributed by atoms with Crippen molar-refractivity contribution in [3.05, 3.63) is 32.3 Å². The number of hydrogen-bond acceptors (Lipinski definition) is 4. The van der Waals surface area contributed by atoms with Gasteiger partial charge >= 0.3 is 0 Å². The predicted molar refractivity (Wildman–Crippen MR) is 78.2 cm³/mol. The van der Waals surface area contributed by atoms with Crippen molar-refractivity contribution in [2.75, 3.05) is 11.4 Å². The van der Waals surface area contributed by atoms with Crippen LogP contribution in [0.2, 0.25) is 0 Å². The zero-order valence-corrected chi connectivity index (χ0v) is 12.8. The summed E-state index contributed by atoms with van der Waals surface area (Å²) in [6.07, 6.45) is 0.417. The number of halogens is 1. The van der Waals surface area contributed by atoms with E-state index in [2.05, 4.69) is 26.9 Å². The van der Waals surface area contributed by atoms with Crippen LogP contribution >= 0.6 is 15.9 Å². The third-order valence-corrected chi connectivity index (χ3v) is 3.49. The minimum Gasteiger partial charge on any atom is -0.367 e. The normalized spacial score (nSPS) is 10.3. The predicted octanol–water partition coefficient (Wildman–Crippen LogP) is 3.79. The lowest BCUT2D eigenvalue weighted by Gasteiger charge is -2.29. The summed E-state index contributed by atoms with van der Waals surface area (Å²) in [6.45, 7) is 6.38. The summed E-state index contributed by atoms with van der Waals surface area (Å²) in [5.41, 5.74) is 1.60. The van der Waals surface area contributed by atoms with E-state index in [1.54, 1.807) is 13.0 Å². The highest BCUT2D eigenvalue weighted by Crippen LogP contribution is 2.34. The van der Waals surface area contributed by atoms with E-state index < -0.39 is 4.92 Å². The van der Waals surface area contributed by atoms with Crippen LogP contribution in [0, 0.1) is 28.4 Å². The molecular weight excluding hydrogens is 310 g/mol. The molecule has 0 N–H and O–H groups in total. The van der Waals surface area contributed by atoms with Crippen LogP contribution in [0.5, 0.6) is 0 Å². The molecular formula is C13H16BrN3O2. The molecule has 0 saturated carbocycles. The van der Waals surface area contributed by atoms with Crippen LogP contribution in [0.4, 0.5) is 11.4 Å². The fourth-order valence-corrected chi connectivity index (χ4v) is 2.46. The van der Waals surface area contributed by atoms with Gasteiger partial charge in [-0.05, 0) is 42.8 Å². The van der Waals surface area contributed by atoms with Crippen LogP contribution in [0.3, 0.4) is 0 Å². The minimum absolute atomic E-state index is 0.0969. The Kier molecular flexibility index (Phi) is 5.31. The molecule has 0 aliphatic rings.